The number of nitrogens with one attached hydrogen (secondary N) is 1. The summed E-state index contributed by atoms with van der Waals surface area (Å²) in [5.74, 6) is -0.227. The number of nitrogens with zero attached hydrogens (tertiary/aromatic N) is 1. The number of quaternary nitrogens is 1. The van der Waals surface area contributed by atoms with Gasteiger partial charge < -0.3 is 28.8 Å². The number of likely N-dealkylation sites (N-methyl/N-ethyl adjacent to an activating group) is 1. The summed E-state index contributed by atoms with van der Waals surface area (Å²) in [6.45, 7) is 4.50. The van der Waals surface area contributed by atoms with Crippen molar-refractivity contribution in [3.8, 4) is 0 Å². The topological polar surface area (TPSA) is 108 Å². The Kier molecular flexibility index (Phi) is 37.9. The van der Waals surface area contributed by atoms with Gasteiger partial charge in [0.25, 0.3) is 7.82 Å². The van der Waals surface area contributed by atoms with E-state index in [1.807, 2.05) is 27.2 Å². The molecule has 0 spiro atoms. The van der Waals surface area contributed by atoms with Crippen molar-refractivity contribution in [2.45, 2.75) is 206 Å². The van der Waals surface area contributed by atoms with Gasteiger partial charge >= 0.3 is 0 Å². The Balaban J connectivity index is 4.39. The van der Waals surface area contributed by atoms with Crippen LogP contribution in [0, 0.1) is 0 Å². The highest BCUT2D eigenvalue weighted by Crippen LogP contribution is 2.38. The maximum absolute atomic E-state index is 12.8. The third-order valence-corrected chi connectivity index (χ3v) is 11.0. The number of carbonyl (C=O) groups is 1. The lowest BCUT2D eigenvalue weighted by Crippen LogP contribution is -2.45. The van der Waals surface area contributed by atoms with Crippen LogP contribution >= 0.6 is 7.82 Å². The molecule has 2 N–H and O–H groups in total. The zero-order valence-electron chi connectivity index (χ0n) is 37.1. The average molecular weight is 809 g/mol. The lowest BCUT2D eigenvalue weighted by Gasteiger charge is -2.29. The molecule has 3 unspecified atom stereocenters. The second-order valence-electron chi connectivity index (χ2n) is 16.7. The summed E-state index contributed by atoms with van der Waals surface area (Å²) in [6, 6.07) is -0.901. The van der Waals surface area contributed by atoms with Crippen molar-refractivity contribution in [3.63, 3.8) is 0 Å². The number of allylic oxidation sites excluding steroid dienone is 7. The molecule has 0 aliphatic carbocycles. The van der Waals surface area contributed by atoms with Crippen LogP contribution in [0.4, 0.5) is 0 Å². The molecule has 0 rings (SSSR count). The van der Waals surface area contributed by atoms with E-state index in [0.29, 0.717) is 17.4 Å². The number of phosphoric ester groups is 1. The average Bonchev–Trinajstić information content (AvgIpc) is 3.15. The fourth-order valence-electron chi connectivity index (χ4n) is 6.40. The third kappa shape index (κ3) is 40.6. The van der Waals surface area contributed by atoms with Gasteiger partial charge in [-0.25, -0.2) is 0 Å². The molecular weight excluding hydrogens is 719 g/mol. The number of carbonyl (C=O) groups excluding carboxylic acids is 1. The molecule has 3 atom stereocenters. The Bertz CT molecular complexity index is 1050. The summed E-state index contributed by atoms with van der Waals surface area (Å²) in [5.41, 5.74) is 0. The SMILES string of the molecule is CC/C=C\C/C=C\C/C=C\CCCCCC(=O)NC(COP(=O)([O-])OCC[N+](C)(C)C)C(O)/C=C/CCCCCCCCCCCCCCCCCCCCC. The van der Waals surface area contributed by atoms with E-state index in [0.717, 1.165) is 64.2 Å². The molecule has 0 saturated carbocycles. The molecule has 0 radical (unpaired) electrons. The van der Waals surface area contributed by atoms with Gasteiger partial charge in [-0.2, -0.15) is 0 Å². The van der Waals surface area contributed by atoms with E-state index < -0.39 is 26.6 Å². The van der Waals surface area contributed by atoms with Crippen molar-refractivity contribution in [1.82, 2.24) is 5.32 Å². The second kappa shape index (κ2) is 38.9. The zero-order valence-corrected chi connectivity index (χ0v) is 38.0. The lowest BCUT2D eigenvalue weighted by molar-refractivity contribution is -0.870. The monoisotopic (exact) mass is 809 g/mol. The fourth-order valence-corrected chi connectivity index (χ4v) is 7.12. The normalized spacial score (nSPS) is 14.8. The maximum Gasteiger partial charge on any atom is 0.268 e. The molecule has 0 aliphatic rings. The summed E-state index contributed by atoms with van der Waals surface area (Å²) in [6.07, 6.45) is 48.8. The molecule has 0 heterocycles. The molecular formula is C47H89N2O6P. The maximum atomic E-state index is 12.8. The number of unbranched alkanes of at least 4 members (excludes halogenated alkanes) is 22. The molecule has 0 aromatic heterocycles. The van der Waals surface area contributed by atoms with Crippen LogP contribution in [-0.4, -0.2) is 68.5 Å². The first kappa shape index (κ1) is 54.5. The van der Waals surface area contributed by atoms with Crippen molar-refractivity contribution in [3.05, 3.63) is 48.6 Å². The van der Waals surface area contributed by atoms with Gasteiger partial charge in [-0.15, -0.1) is 0 Å². The van der Waals surface area contributed by atoms with Gasteiger partial charge in [0.05, 0.1) is 39.9 Å². The van der Waals surface area contributed by atoms with Gasteiger partial charge in [-0.1, -0.05) is 184 Å². The highest BCUT2D eigenvalue weighted by atomic mass is 31.2. The van der Waals surface area contributed by atoms with E-state index in [1.165, 1.54) is 109 Å². The number of aliphatic hydroxyl groups excluding tert-OH is 1. The predicted octanol–water partition coefficient (Wildman–Crippen LogP) is 12.2. The van der Waals surface area contributed by atoms with Gasteiger partial charge in [-0.05, 0) is 51.4 Å². The summed E-state index contributed by atoms with van der Waals surface area (Å²) in [7, 11) is 1.24. The number of aliphatic hydroxyl groups is 1. The summed E-state index contributed by atoms with van der Waals surface area (Å²) >= 11 is 0. The molecule has 0 fully saturated rings. The van der Waals surface area contributed by atoms with Crippen LogP contribution in [-0.2, 0) is 18.4 Å². The summed E-state index contributed by atoms with van der Waals surface area (Å²) in [5, 5.41) is 13.8. The van der Waals surface area contributed by atoms with E-state index in [2.05, 4.69) is 55.6 Å². The number of amides is 1. The molecule has 0 aliphatic heterocycles. The molecule has 0 aromatic carbocycles. The van der Waals surface area contributed by atoms with E-state index in [-0.39, 0.29) is 12.5 Å². The Hall–Kier alpha value is -1.54. The third-order valence-electron chi connectivity index (χ3n) is 10.0. The summed E-state index contributed by atoms with van der Waals surface area (Å²) in [4.78, 5) is 25.3. The van der Waals surface area contributed by atoms with Crippen molar-refractivity contribution in [2.75, 3.05) is 40.9 Å². The highest BCUT2D eigenvalue weighted by Gasteiger charge is 2.23. The van der Waals surface area contributed by atoms with Crippen LogP contribution in [0.15, 0.2) is 48.6 Å². The van der Waals surface area contributed by atoms with Gasteiger partial charge in [-0.3, -0.25) is 9.36 Å². The zero-order chi connectivity index (χ0) is 41.4. The van der Waals surface area contributed by atoms with E-state index in [9.17, 15) is 19.4 Å². The molecule has 0 bridgehead atoms. The van der Waals surface area contributed by atoms with Gasteiger partial charge in [0.1, 0.15) is 13.2 Å². The van der Waals surface area contributed by atoms with E-state index in [4.69, 9.17) is 9.05 Å². The Morgan fingerprint density at radius 3 is 1.59 bits per heavy atom. The number of phosphoric acid groups is 1. The number of hydrogen-bond donors (Lipinski definition) is 2. The molecule has 328 valence electrons. The minimum absolute atomic E-state index is 0.00820. The van der Waals surface area contributed by atoms with Crippen LogP contribution in [0.3, 0.4) is 0 Å². The molecule has 56 heavy (non-hydrogen) atoms. The van der Waals surface area contributed by atoms with E-state index in [1.54, 1.807) is 6.08 Å². The Labute approximate surface area is 346 Å². The Morgan fingerprint density at radius 1 is 0.643 bits per heavy atom. The van der Waals surface area contributed by atoms with Crippen molar-refractivity contribution in [2.24, 2.45) is 0 Å². The van der Waals surface area contributed by atoms with Gasteiger partial charge in [0.15, 0.2) is 0 Å². The van der Waals surface area contributed by atoms with E-state index >= 15 is 0 Å². The van der Waals surface area contributed by atoms with Crippen molar-refractivity contribution in [1.29, 1.82) is 0 Å². The lowest BCUT2D eigenvalue weighted by atomic mass is 10.0. The minimum Gasteiger partial charge on any atom is -0.756 e. The van der Waals surface area contributed by atoms with Crippen LogP contribution in [0.5, 0.6) is 0 Å². The molecule has 8 nitrogen and oxygen atoms in total. The Morgan fingerprint density at radius 2 is 1.09 bits per heavy atom. The number of hydrogen-bond acceptors (Lipinski definition) is 6. The first-order chi connectivity index (χ1) is 27.0. The van der Waals surface area contributed by atoms with Crippen molar-refractivity contribution >= 4 is 13.7 Å². The largest absolute Gasteiger partial charge is 0.756 e. The van der Waals surface area contributed by atoms with Crippen LogP contribution in [0.1, 0.15) is 194 Å². The second-order valence-corrected chi connectivity index (χ2v) is 18.1. The van der Waals surface area contributed by atoms with Crippen LogP contribution in [0.2, 0.25) is 0 Å². The van der Waals surface area contributed by atoms with Gasteiger partial charge in [0, 0.05) is 6.42 Å². The standard InChI is InChI=1S/C47H89N2O6P/c1-6-8-10-12-14-16-18-20-21-22-23-24-25-26-27-29-30-32-34-36-38-40-46(50)45(44-55-56(52,53)54-43-42-49(3,4)5)48-47(51)41-39-37-35-33-31-28-19-17-15-13-11-9-7-2/h9,11,15,17,28,31,38,40,45-46,50H,6-8,10,12-14,16,18-27,29-30,32-37,39,41-44H2,1-5H3,(H-,48,51,52,53)/b11-9-,17-15-,31-28-,40-38+. The van der Waals surface area contributed by atoms with Crippen molar-refractivity contribution < 1.29 is 32.9 Å². The van der Waals surface area contributed by atoms with Gasteiger partial charge in [0.2, 0.25) is 5.91 Å². The number of rotatable bonds is 41. The van der Waals surface area contributed by atoms with Crippen LogP contribution < -0.4 is 10.2 Å². The quantitative estimate of drug-likeness (QED) is 0.0276. The molecule has 9 heteroatoms. The fraction of sp³-hybridized carbons (Fsp3) is 0.809. The molecule has 0 aromatic rings. The summed E-state index contributed by atoms with van der Waals surface area (Å²) < 4.78 is 23.2. The predicted molar refractivity (Wildman–Crippen MR) is 238 cm³/mol. The first-order valence-corrected chi connectivity index (χ1v) is 24.5. The highest BCUT2D eigenvalue weighted by molar-refractivity contribution is 7.45. The molecule has 1 amide bonds. The molecule has 0 saturated heterocycles. The minimum atomic E-state index is -4.60. The van der Waals surface area contributed by atoms with Crippen LogP contribution in [0.25, 0.3) is 0 Å². The smallest absolute Gasteiger partial charge is 0.268 e. The first-order valence-electron chi connectivity index (χ1n) is 23.0.